The molecular weight excluding hydrogens is 283 g/mol. The lowest BCUT2D eigenvalue weighted by atomic mass is 9.95. The minimum atomic E-state index is -0.362. The first-order chi connectivity index (χ1) is 10.8. The molecule has 5 nitrogen and oxygen atoms in total. The van der Waals surface area contributed by atoms with Gasteiger partial charge in [0.2, 0.25) is 0 Å². The predicted molar refractivity (Wildman–Crippen MR) is 81.0 cm³/mol. The smallest absolute Gasteiger partial charge is 0.186 e. The van der Waals surface area contributed by atoms with Crippen molar-refractivity contribution in [2.45, 2.75) is 25.8 Å². The van der Waals surface area contributed by atoms with Crippen LogP contribution in [0, 0.1) is 11.7 Å². The number of ether oxygens (including phenoxy) is 1. The quantitative estimate of drug-likeness (QED) is 0.918. The van der Waals surface area contributed by atoms with Gasteiger partial charge in [-0.3, -0.25) is 4.98 Å². The molecule has 0 saturated carbocycles. The van der Waals surface area contributed by atoms with Crippen LogP contribution >= 0.6 is 0 Å². The van der Waals surface area contributed by atoms with E-state index in [0.29, 0.717) is 25.3 Å². The Morgan fingerprint density at radius 2 is 2.09 bits per heavy atom. The zero-order valence-corrected chi connectivity index (χ0v) is 12.5. The lowest BCUT2D eigenvalue weighted by Gasteiger charge is -2.20. The first kappa shape index (κ1) is 14.8. The highest BCUT2D eigenvalue weighted by molar-refractivity contribution is 5.39. The monoisotopic (exact) mass is 302 g/mol. The summed E-state index contributed by atoms with van der Waals surface area (Å²) in [5.74, 6) is 0.184. The standard InChI is InChI=1S/C16H19FN4O/c1-2-13-15(17)16(20-10-19-13)21-14-9-22-8-12(14)7-11-3-5-18-6-4-11/h3-6,10,12,14H,2,7-9H2,1H3,(H,19,20,21)/t12-,14+/m1/s1. The van der Waals surface area contributed by atoms with Crippen molar-refractivity contribution in [3.63, 3.8) is 0 Å². The molecule has 0 amide bonds. The van der Waals surface area contributed by atoms with Gasteiger partial charge in [0.15, 0.2) is 11.6 Å². The van der Waals surface area contributed by atoms with Crippen LogP contribution in [0.5, 0.6) is 0 Å². The molecule has 116 valence electrons. The number of aromatic nitrogens is 3. The maximum atomic E-state index is 14.2. The van der Waals surface area contributed by atoms with Gasteiger partial charge in [-0.15, -0.1) is 0 Å². The molecule has 0 aromatic carbocycles. The minimum absolute atomic E-state index is 0.0438. The average molecular weight is 302 g/mol. The third-order valence-electron chi connectivity index (χ3n) is 3.96. The van der Waals surface area contributed by atoms with Crippen LogP contribution in [0.3, 0.4) is 0 Å². The second-order valence-corrected chi connectivity index (χ2v) is 5.44. The third kappa shape index (κ3) is 3.22. The molecule has 1 fully saturated rings. The first-order valence-electron chi connectivity index (χ1n) is 7.50. The van der Waals surface area contributed by atoms with Crippen LogP contribution < -0.4 is 5.32 Å². The van der Waals surface area contributed by atoms with Crippen LogP contribution in [0.4, 0.5) is 10.2 Å². The van der Waals surface area contributed by atoms with E-state index in [2.05, 4.69) is 20.3 Å². The maximum Gasteiger partial charge on any atom is 0.186 e. The van der Waals surface area contributed by atoms with Crippen LogP contribution in [0.2, 0.25) is 0 Å². The normalized spacial score (nSPS) is 21.0. The molecule has 2 atom stereocenters. The Morgan fingerprint density at radius 1 is 1.27 bits per heavy atom. The van der Waals surface area contributed by atoms with Crippen LogP contribution in [0.1, 0.15) is 18.2 Å². The molecule has 1 saturated heterocycles. The average Bonchev–Trinajstić information content (AvgIpc) is 2.97. The molecule has 0 bridgehead atoms. The molecule has 1 aliphatic rings. The van der Waals surface area contributed by atoms with Crippen LogP contribution in [0.15, 0.2) is 30.9 Å². The van der Waals surface area contributed by atoms with Gasteiger partial charge >= 0.3 is 0 Å². The van der Waals surface area contributed by atoms with Gasteiger partial charge in [0.05, 0.1) is 24.9 Å². The van der Waals surface area contributed by atoms with Crippen molar-refractivity contribution in [3.05, 3.63) is 47.9 Å². The number of hydrogen-bond acceptors (Lipinski definition) is 5. The molecular formula is C16H19FN4O. The number of rotatable bonds is 5. The van der Waals surface area contributed by atoms with Crippen LogP contribution in [-0.2, 0) is 17.6 Å². The fourth-order valence-electron chi connectivity index (χ4n) is 2.71. The fraction of sp³-hybridized carbons (Fsp3) is 0.438. The van der Waals surface area contributed by atoms with Gasteiger partial charge in [0, 0.05) is 18.3 Å². The van der Waals surface area contributed by atoms with Crippen LogP contribution in [0.25, 0.3) is 0 Å². The van der Waals surface area contributed by atoms with Gasteiger partial charge in [-0.2, -0.15) is 0 Å². The lowest BCUT2D eigenvalue weighted by Crippen LogP contribution is -2.30. The third-order valence-corrected chi connectivity index (χ3v) is 3.96. The summed E-state index contributed by atoms with van der Waals surface area (Å²) < 4.78 is 19.8. The van der Waals surface area contributed by atoms with Crippen molar-refractivity contribution in [1.29, 1.82) is 0 Å². The van der Waals surface area contributed by atoms with Gasteiger partial charge in [0.1, 0.15) is 6.33 Å². The molecule has 0 unspecified atom stereocenters. The highest BCUT2D eigenvalue weighted by Crippen LogP contribution is 2.23. The molecule has 2 aromatic heterocycles. The summed E-state index contributed by atoms with van der Waals surface area (Å²) in [6.07, 6.45) is 6.38. The van der Waals surface area contributed by atoms with E-state index in [1.165, 1.54) is 11.9 Å². The number of aryl methyl sites for hydroxylation is 1. The zero-order valence-electron chi connectivity index (χ0n) is 12.5. The Balaban J connectivity index is 1.71. The van der Waals surface area contributed by atoms with E-state index in [-0.39, 0.29) is 23.6 Å². The summed E-state index contributed by atoms with van der Waals surface area (Å²) in [6.45, 7) is 3.09. The van der Waals surface area contributed by atoms with E-state index in [1.807, 2.05) is 19.1 Å². The summed E-state index contributed by atoms with van der Waals surface area (Å²) in [6, 6.07) is 4.04. The Morgan fingerprint density at radius 3 is 2.86 bits per heavy atom. The molecule has 3 heterocycles. The van der Waals surface area contributed by atoms with E-state index < -0.39 is 0 Å². The molecule has 3 rings (SSSR count). The fourth-order valence-corrected chi connectivity index (χ4v) is 2.71. The Hall–Kier alpha value is -2.08. The number of pyridine rings is 1. The Labute approximate surface area is 129 Å². The topological polar surface area (TPSA) is 59.9 Å². The zero-order chi connectivity index (χ0) is 15.4. The van der Waals surface area contributed by atoms with E-state index in [9.17, 15) is 4.39 Å². The van der Waals surface area contributed by atoms with Crippen LogP contribution in [-0.4, -0.2) is 34.2 Å². The van der Waals surface area contributed by atoms with Gasteiger partial charge in [0.25, 0.3) is 0 Å². The SMILES string of the molecule is CCc1ncnc(N[C@H]2COC[C@H]2Cc2ccncc2)c1F. The van der Waals surface area contributed by atoms with Gasteiger partial charge in [-0.05, 0) is 30.5 Å². The highest BCUT2D eigenvalue weighted by atomic mass is 19.1. The lowest BCUT2D eigenvalue weighted by molar-refractivity contribution is 0.185. The maximum absolute atomic E-state index is 14.2. The number of nitrogens with zero attached hydrogens (tertiary/aromatic N) is 3. The van der Waals surface area contributed by atoms with Crippen molar-refractivity contribution in [1.82, 2.24) is 15.0 Å². The van der Waals surface area contributed by atoms with Crippen molar-refractivity contribution >= 4 is 5.82 Å². The van der Waals surface area contributed by atoms with E-state index in [1.54, 1.807) is 12.4 Å². The molecule has 2 aromatic rings. The molecule has 22 heavy (non-hydrogen) atoms. The summed E-state index contributed by atoms with van der Waals surface area (Å²) in [5, 5.41) is 3.19. The van der Waals surface area contributed by atoms with Crippen molar-refractivity contribution in [2.75, 3.05) is 18.5 Å². The largest absolute Gasteiger partial charge is 0.379 e. The summed E-state index contributed by atoms with van der Waals surface area (Å²) in [5.41, 5.74) is 1.64. The minimum Gasteiger partial charge on any atom is -0.379 e. The predicted octanol–water partition coefficient (Wildman–Crippen LogP) is 2.24. The van der Waals surface area contributed by atoms with E-state index in [0.717, 1.165) is 6.42 Å². The number of halogens is 1. The summed E-state index contributed by atoms with van der Waals surface area (Å²) in [7, 11) is 0. The molecule has 0 aliphatic carbocycles. The highest BCUT2D eigenvalue weighted by Gasteiger charge is 2.29. The second kappa shape index (κ2) is 6.79. The van der Waals surface area contributed by atoms with Gasteiger partial charge < -0.3 is 10.1 Å². The Bertz CT molecular complexity index is 623. The number of nitrogens with one attached hydrogen (secondary N) is 1. The van der Waals surface area contributed by atoms with Crippen molar-refractivity contribution < 1.29 is 9.13 Å². The summed E-state index contributed by atoms with van der Waals surface area (Å²) >= 11 is 0. The van der Waals surface area contributed by atoms with Crippen molar-refractivity contribution in [3.8, 4) is 0 Å². The first-order valence-corrected chi connectivity index (χ1v) is 7.50. The molecule has 1 N–H and O–H groups in total. The summed E-state index contributed by atoms with van der Waals surface area (Å²) in [4.78, 5) is 12.0. The molecule has 0 spiro atoms. The molecule has 0 radical (unpaired) electrons. The van der Waals surface area contributed by atoms with Gasteiger partial charge in [-0.25, -0.2) is 14.4 Å². The number of anilines is 1. The van der Waals surface area contributed by atoms with E-state index >= 15 is 0 Å². The van der Waals surface area contributed by atoms with Gasteiger partial charge in [-0.1, -0.05) is 6.92 Å². The Kier molecular flexibility index (Phi) is 4.58. The van der Waals surface area contributed by atoms with E-state index in [4.69, 9.17) is 4.74 Å². The second-order valence-electron chi connectivity index (χ2n) is 5.44. The molecule has 6 heteroatoms. The molecule has 1 aliphatic heterocycles. The number of hydrogen-bond donors (Lipinski definition) is 1. The van der Waals surface area contributed by atoms with Crippen molar-refractivity contribution in [2.24, 2.45) is 5.92 Å².